The molecule has 0 fully saturated rings. The van der Waals surface area contributed by atoms with Crippen LogP contribution in [0.3, 0.4) is 0 Å². The Bertz CT molecular complexity index is 2520. The van der Waals surface area contributed by atoms with Gasteiger partial charge in [0.25, 0.3) is 0 Å². The van der Waals surface area contributed by atoms with Crippen LogP contribution in [0.2, 0.25) is 0 Å². The van der Waals surface area contributed by atoms with Gasteiger partial charge in [-0.3, -0.25) is 0 Å². The van der Waals surface area contributed by atoms with Crippen molar-refractivity contribution in [3.8, 4) is 33.4 Å². The Kier molecular flexibility index (Phi) is 17.1. The molecule has 9 rings (SSSR count). The number of aryl methyl sites for hydroxylation is 6. The monoisotopic (exact) mass is 945 g/mol. The number of fused-ring (bicyclic) bond motifs is 5. The molecule has 0 saturated carbocycles. The van der Waals surface area contributed by atoms with Gasteiger partial charge in [-0.2, -0.15) is 41.6 Å². The zero-order chi connectivity index (χ0) is 44.5. The van der Waals surface area contributed by atoms with Crippen LogP contribution in [0.25, 0.3) is 54.9 Å². The van der Waals surface area contributed by atoms with Crippen molar-refractivity contribution in [2.24, 2.45) is 0 Å². The molecule has 0 bridgehead atoms. The normalized spacial score (nSPS) is 11.4. The third kappa shape index (κ3) is 11.5. The average molecular weight is 948 g/mol. The first-order valence-electron chi connectivity index (χ1n) is 22.3. The first-order chi connectivity index (χ1) is 29.8. The fourth-order valence-electron chi connectivity index (χ4n) is 8.97. The maximum absolute atomic E-state index is 4.93. The van der Waals surface area contributed by atoms with Gasteiger partial charge in [-0.15, -0.1) is 74.6 Å². The molecule has 0 nitrogen and oxygen atoms in total. The van der Waals surface area contributed by atoms with E-state index in [1.54, 1.807) is 0 Å². The summed E-state index contributed by atoms with van der Waals surface area (Å²) in [6.45, 7) is 22.4. The molecule has 0 spiro atoms. The van der Waals surface area contributed by atoms with Gasteiger partial charge in [-0.05, 0) is 63.5 Å². The minimum atomic E-state index is -0.826. The molecule has 0 aromatic heterocycles. The molecule has 0 saturated heterocycles. The summed E-state index contributed by atoms with van der Waals surface area (Å²) in [6.07, 6.45) is 4.64. The Balaban J connectivity index is 0.000000155. The van der Waals surface area contributed by atoms with Gasteiger partial charge >= 0.3 is 37.9 Å². The van der Waals surface area contributed by atoms with Crippen LogP contribution in [-0.2, 0) is 33.7 Å². The SMILES string of the molecule is CCCc1ccc2[cH-]c(C(C)C)cc2c1-c1cc(C)cc(C)c1.CCCc1ccc2[cH-]c(C(C)C)cc2c1-c1cc(C)cc(C)c1.[Cl][Zr][Cl].[c-]1cccc2c1[Si]c1ccccc1-2. The van der Waals surface area contributed by atoms with Crippen molar-refractivity contribution in [2.75, 3.05) is 0 Å². The van der Waals surface area contributed by atoms with Crippen molar-refractivity contribution in [2.45, 2.75) is 107 Å². The molecule has 1 aliphatic rings. The van der Waals surface area contributed by atoms with E-state index in [4.69, 9.17) is 17.0 Å². The standard InChI is InChI=1S/2C23H27.C12H7Si.2ClH.Zr/c2*1-6-7-18-8-9-19-13-20(15(2)3)14-22(19)23(18)21-11-16(4)10-17(5)12-21;1-3-7-11-9(5-1)10-6-2-4-8-12(10)13-11;;;/h2*8-15H,6-7H2,1-5H3;1-7H;2*1H;/q3*-1;;;+2/p-2. The van der Waals surface area contributed by atoms with Crippen molar-refractivity contribution in [1.29, 1.82) is 0 Å². The van der Waals surface area contributed by atoms with E-state index < -0.39 is 20.8 Å². The Hall–Kier alpha value is -3.78. The molecular formula is C58H61Cl2SiZr-3. The van der Waals surface area contributed by atoms with Crippen LogP contribution in [0.5, 0.6) is 0 Å². The van der Waals surface area contributed by atoms with E-state index in [2.05, 4.69) is 197 Å². The molecule has 8 aromatic carbocycles. The molecule has 8 aromatic rings. The largest absolute Gasteiger partial charge is 0.184 e. The van der Waals surface area contributed by atoms with Crippen LogP contribution in [-0.4, -0.2) is 9.52 Å². The van der Waals surface area contributed by atoms with Crippen molar-refractivity contribution in [1.82, 2.24) is 0 Å². The van der Waals surface area contributed by atoms with Gasteiger partial charge in [-0.25, -0.2) is 0 Å². The molecule has 0 aliphatic carbocycles. The summed E-state index contributed by atoms with van der Waals surface area (Å²) < 4.78 is 0. The Morgan fingerprint density at radius 1 is 0.565 bits per heavy atom. The van der Waals surface area contributed by atoms with Gasteiger partial charge < -0.3 is 0 Å². The van der Waals surface area contributed by atoms with E-state index in [1.165, 1.54) is 123 Å². The Morgan fingerprint density at radius 3 is 1.44 bits per heavy atom. The zero-order valence-electron chi connectivity index (χ0n) is 38.4. The number of benzene rings is 6. The molecule has 318 valence electrons. The third-order valence-corrected chi connectivity index (χ3v) is 13.1. The van der Waals surface area contributed by atoms with E-state index in [0.717, 1.165) is 22.4 Å². The molecule has 0 unspecified atom stereocenters. The van der Waals surface area contributed by atoms with Crippen LogP contribution in [0.15, 0.2) is 127 Å². The molecular weight excluding hydrogens is 887 g/mol. The third-order valence-electron chi connectivity index (χ3n) is 11.7. The fourth-order valence-corrected chi connectivity index (χ4v) is 10.3. The molecule has 1 aliphatic heterocycles. The predicted molar refractivity (Wildman–Crippen MR) is 273 cm³/mol. The van der Waals surface area contributed by atoms with Gasteiger partial charge in [0, 0.05) is 0 Å². The molecule has 2 radical (unpaired) electrons. The first-order valence-corrected chi connectivity index (χ1v) is 29.6. The van der Waals surface area contributed by atoms with Gasteiger partial charge in [0.2, 0.25) is 0 Å². The van der Waals surface area contributed by atoms with Crippen molar-refractivity contribution >= 4 is 58.5 Å². The molecule has 62 heavy (non-hydrogen) atoms. The van der Waals surface area contributed by atoms with Crippen LogP contribution >= 0.6 is 17.0 Å². The fraction of sp³-hybridized carbons (Fsp3) is 0.276. The van der Waals surface area contributed by atoms with E-state index in [-0.39, 0.29) is 0 Å². The summed E-state index contributed by atoms with van der Waals surface area (Å²) in [6, 6.07) is 50.9. The van der Waals surface area contributed by atoms with Crippen LogP contribution in [0.4, 0.5) is 0 Å². The van der Waals surface area contributed by atoms with Crippen molar-refractivity contribution < 1.29 is 20.8 Å². The smallest absolute Gasteiger partial charge is 0.0920 e. The minimum absolute atomic E-state index is 0.573. The summed E-state index contributed by atoms with van der Waals surface area (Å²) >= 11 is -0.826. The van der Waals surface area contributed by atoms with E-state index >= 15 is 0 Å². The van der Waals surface area contributed by atoms with E-state index in [9.17, 15) is 0 Å². The number of hydrogen-bond acceptors (Lipinski definition) is 0. The molecule has 0 N–H and O–H groups in total. The zero-order valence-corrected chi connectivity index (χ0v) is 43.3. The maximum atomic E-state index is 4.93. The molecule has 0 atom stereocenters. The summed E-state index contributed by atoms with van der Waals surface area (Å²) in [5.41, 5.74) is 19.6. The number of halogens is 2. The minimum Gasteiger partial charge on any atom is -0.184 e. The maximum Gasteiger partial charge on any atom is 0.0920 e. The van der Waals surface area contributed by atoms with Gasteiger partial charge in [-0.1, -0.05) is 170 Å². The quantitative estimate of drug-likeness (QED) is 0.105. The summed E-state index contributed by atoms with van der Waals surface area (Å²) in [5, 5.41) is 8.42. The predicted octanol–water partition coefficient (Wildman–Crippen LogP) is 16.3. The van der Waals surface area contributed by atoms with Crippen LogP contribution < -0.4 is 10.4 Å². The van der Waals surface area contributed by atoms with Gasteiger partial charge in [0.15, 0.2) is 0 Å². The van der Waals surface area contributed by atoms with Crippen molar-refractivity contribution in [3.63, 3.8) is 0 Å². The second-order valence-corrected chi connectivity index (χ2v) is 22.6. The number of rotatable bonds is 8. The van der Waals surface area contributed by atoms with Gasteiger partial charge in [0.1, 0.15) is 0 Å². The van der Waals surface area contributed by atoms with Crippen LogP contribution in [0, 0.1) is 33.8 Å². The Labute approximate surface area is 394 Å². The van der Waals surface area contributed by atoms with Gasteiger partial charge in [0.05, 0.1) is 9.52 Å². The van der Waals surface area contributed by atoms with Crippen molar-refractivity contribution in [3.05, 3.63) is 178 Å². The topological polar surface area (TPSA) is 0 Å². The number of hydrogen-bond donors (Lipinski definition) is 0. The second kappa shape index (κ2) is 22.2. The summed E-state index contributed by atoms with van der Waals surface area (Å²) in [4.78, 5) is 0. The van der Waals surface area contributed by atoms with Crippen LogP contribution in [0.1, 0.15) is 111 Å². The first kappa shape index (κ1) is 47.7. The average Bonchev–Trinajstić information content (AvgIpc) is 3.97. The van der Waals surface area contributed by atoms with E-state index in [0.29, 0.717) is 11.8 Å². The molecule has 1 heterocycles. The molecule has 4 heteroatoms. The second-order valence-electron chi connectivity index (χ2n) is 17.5. The summed E-state index contributed by atoms with van der Waals surface area (Å²) in [5.74, 6) is 1.15. The summed E-state index contributed by atoms with van der Waals surface area (Å²) in [7, 11) is 10.7. The van der Waals surface area contributed by atoms with E-state index in [1.807, 2.05) is 6.07 Å². The molecule has 0 amide bonds. The Morgan fingerprint density at radius 2 is 1.00 bits per heavy atom.